The summed E-state index contributed by atoms with van der Waals surface area (Å²) in [6.45, 7) is 2.19. The van der Waals surface area contributed by atoms with Crippen LogP contribution in [0.2, 0.25) is 5.02 Å². The molecular formula is C14H18ClFN2O. The lowest BCUT2D eigenvalue weighted by Gasteiger charge is -2.37. The number of nitrogens with two attached hydrogens (primary N) is 1. The molecule has 19 heavy (non-hydrogen) atoms. The zero-order chi connectivity index (χ0) is 13.4. The molecule has 2 heterocycles. The number of morpholine rings is 1. The van der Waals surface area contributed by atoms with Crippen LogP contribution < -0.4 is 5.73 Å². The Morgan fingerprint density at radius 1 is 1.32 bits per heavy atom. The number of ether oxygens (including phenoxy) is 1. The predicted molar refractivity (Wildman–Crippen MR) is 72.7 cm³/mol. The van der Waals surface area contributed by atoms with E-state index >= 15 is 0 Å². The molecule has 2 bridgehead atoms. The maximum atomic E-state index is 13.5. The topological polar surface area (TPSA) is 38.5 Å². The van der Waals surface area contributed by atoms with E-state index in [1.165, 1.54) is 12.1 Å². The van der Waals surface area contributed by atoms with Gasteiger partial charge in [0.2, 0.25) is 0 Å². The summed E-state index contributed by atoms with van der Waals surface area (Å²) in [6.07, 6.45) is 2.83. The number of fused-ring (bicyclic) bond motifs is 2. The van der Waals surface area contributed by atoms with E-state index in [-0.39, 0.29) is 11.9 Å². The van der Waals surface area contributed by atoms with Crippen LogP contribution in [0.25, 0.3) is 0 Å². The summed E-state index contributed by atoms with van der Waals surface area (Å²) in [5.41, 5.74) is 6.75. The van der Waals surface area contributed by atoms with Gasteiger partial charge in [0, 0.05) is 30.7 Å². The number of nitrogens with zero attached hydrogens (tertiary/aromatic N) is 1. The van der Waals surface area contributed by atoms with Gasteiger partial charge in [-0.05, 0) is 36.6 Å². The number of likely N-dealkylation sites (tertiary alicyclic amines) is 1. The van der Waals surface area contributed by atoms with E-state index < -0.39 is 0 Å². The van der Waals surface area contributed by atoms with Crippen molar-refractivity contribution in [2.45, 2.75) is 31.1 Å². The third-order valence-corrected chi connectivity index (χ3v) is 4.22. The standard InChI is InChI=1S/C14H18ClFN2O/c15-10-3-9(4-11(16)5-10)14(6-17)18-7-12-1-2-13(8-18)19-12/h3-5,12-14H,1-2,6-8,17H2. The van der Waals surface area contributed by atoms with Crippen LogP contribution in [-0.4, -0.2) is 36.7 Å². The van der Waals surface area contributed by atoms with Crippen LogP contribution >= 0.6 is 11.6 Å². The number of halogens is 2. The average molecular weight is 285 g/mol. The van der Waals surface area contributed by atoms with Gasteiger partial charge in [0.1, 0.15) is 5.82 Å². The molecule has 0 aliphatic carbocycles. The SMILES string of the molecule is NCC(c1cc(F)cc(Cl)c1)N1CC2CCC(C1)O2. The summed E-state index contributed by atoms with van der Waals surface area (Å²) in [7, 11) is 0. The number of rotatable bonds is 3. The van der Waals surface area contributed by atoms with E-state index in [4.69, 9.17) is 22.1 Å². The fourth-order valence-electron chi connectivity index (χ4n) is 3.16. The zero-order valence-corrected chi connectivity index (χ0v) is 11.4. The van der Waals surface area contributed by atoms with Gasteiger partial charge in [-0.2, -0.15) is 0 Å². The summed E-state index contributed by atoms with van der Waals surface area (Å²) in [5, 5.41) is 0.421. The van der Waals surface area contributed by atoms with Crippen molar-refractivity contribution < 1.29 is 9.13 Å². The molecule has 3 unspecified atom stereocenters. The molecule has 1 aromatic rings. The minimum Gasteiger partial charge on any atom is -0.372 e. The minimum atomic E-state index is -0.308. The van der Waals surface area contributed by atoms with Crippen LogP contribution in [0.5, 0.6) is 0 Å². The molecule has 0 saturated carbocycles. The molecule has 0 radical (unpaired) electrons. The summed E-state index contributed by atoms with van der Waals surface area (Å²) in [5.74, 6) is -0.308. The van der Waals surface area contributed by atoms with Gasteiger partial charge >= 0.3 is 0 Å². The van der Waals surface area contributed by atoms with Crippen molar-refractivity contribution in [3.63, 3.8) is 0 Å². The number of hydrogen-bond acceptors (Lipinski definition) is 3. The third-order valence-electron chi connectivity index (χ3n) is 4.01. The second-order valence-electron chi connectivity index (χ2n) is 5.37. The Labute approximate surface area is 117 Å². The van der Waals surface area contributed by atoms with Gasteiger partial charge in [-0.3, -0.25) is 4.90 Å². The smallest absolute Gasteiger partial charge is 0.125 e. The van der Waals surface area contributed by atoms with Crippen LogP contribution in [0.3, 0.4) is 0 Å². The van der Waals surface area contributed by atoms with Crippen LogP contribution in [0.1, 0.15) is 24.4 Å². The molecule has 2 aliphatic rings. The van der Waals surface area contributed by atoms with Crippen molar-refractivity contribution in [1.82, 2.24) is 4.90 Å². The van der Waals surface area contributed by atoms with E-state index in [1.54, 1.807) is 6.07 Å². The van der Waals surface area contributed by atoms with Gasteiger partial charge < -0.3 is 10.5 Å². The maximum Gasteiger partial charge on any atom is 0.125 e. The Morgan fingerprint density at radius 3 is 2.58 bits per heavy atom. The van der Waals surface area contributed by atoms with Crippen LogP contribution in [0.15, 0.2) is 18.2 Å². The molecule has 3 atom stereocenters. The minimum absolute atomic E-state index is 0.0141. The first-order chi connectivity index (χ1) is 9.15. The van der Waals surface area contributed by atoms with Crippen LogP contribution in [0, 0.1) is 5.82 Å². The Hall–Kier alpha value is -0.680. The highest BCUT2D eigenvalue weighted by Crippen LogP contribution is 2.32. The summed E-state index contributed by atoms with van der Waals surface area (Å²) < 4.78 is 19.3. The fourth-order valence-corrected chi connectivity index (χ4v) is 3.39. The molecule has 0 aromatic heterocycles. The summed E-state index contributed by atoms with van der Waals surface area (Å²) in [4.78, 5) is 2.30. The van der Waals surface area contributed by atoms with E-state index in [2.05, 4.69) is 4.90 Å². The Kier molecular flexibility index (Phi) is 3.76. The number of hydrogen-bond donors (Lipinski definition) is 1. The normalized spacial score (nSPS) is 28.6. The van der Waals surface area contributed by atoms with Crippen LogP contribution in [-0.2, 0) is 4.74 Å². The van der Waals surface area contributed by atoms with Gasteiger partial charge in [0.15, 0.2) is 0 Å². The second kappa shape index (κ2) is 5.37. The van der Waals surface area contributed by atoms with E-state index in [0.29, 0.717) is 23.8 Å². The summed E-state index contributed by atoms with van der Waals surface area (Å²) in [6, 6.07) is 4.67. The monoisotopic (exact) mass is 284 g/mol. The molecule has 3 rings (SSSR count). The van der Waals surface area contributed by atoms with Crippen molar-refractivity contribution >= 4 is 11.6 Å². The first-order valence-electron chi connectivity index (χ1n) is 6.71. The quantitative estimate of drug-likeness (QED) is 0.926. The fraction of sp³-hybridized carbons (Fsp3) is 0.571. The number of benzene rings is 1. The highest BCUT2D eigenvalue weighted by Gasteiger charge is 2.36. The second-order valence-corrected chi connectivity index (χ2v) is 5.80. The van der Waals surface area contributed by atoms with Gasteiger partial charge in [0.05, 0.1) is 12.2 Å². The molecule has 2 saturated heterocycles. The molecule has 0 amide bonds. The molecule has 5 heteroatoms. The Bertz CT molecular complexity index is 439. The lowest BCUT2D eigenvalue weighted by Crippen LogP contribution is -2.46. The van der Waals surface area contributed by atoms with Crippen molar-refractivity contribution in [1.29, 1.82) is 0 Å². The first-order valence-corrected chi connectivity index (χ1v) is 7.09. The van der Waals surface area contributed by atoms with E-state index in [0.717, 1.165) is 31.5 Å². The van der Waals surface area contributed by atoms with Gasteiger partial charge in [-0.25, -0.2) is 4.39 Å². The molecule has 1 aromatic carbocycles. The Balaban J connectivity index is 1.83. The predicted octanol–water partition coefficient (Wildman–Crippen LogP) is 2.34. The van der Waals surface area contributed by atoms with Crippen molar-refractivity contribution in [2.75, 3.05) is 19.6 Å². The van der Waals surface area contributed by atoms with Gasteiger partial charge in [-0.1, -0.05) is 11.6 Å². The highest BCUT2D eigenvalue weighted by molar-refractivity contribution is 6.30. The van der Waals surface area contributed by atoms with Crippen molar-refractivity contribution in [3.05, 3.63) is 34.6 Å². The molecule has 104 valence electrons. The van der Waals surface area contributed by atoms with Gasteiger partial charge in [0.25, 0.3) is 0 Å². The third kappa shape index (κ3) is 2.77. The van der Waals surface area contributed by atoms with Gasteiger partial charge in [-0.15, -0.1) is 0 Å². The van der Waals surface area contributed by atoms with Crippen molar-refractivity contribution in [3.8, 4) is 0 Å². The van der Waals surface area contributed by atoms with Crippen LogP contribution in [0.4, 0.5) is 4.39 Å². The summed E-state index contributed by atoms with van der Waals surface area (Å²) >= 11 is 5.94. The molecule has 3 nitrogen and oxygen atoms in total. The molecule has 2 aliphatic heterocycles. The zero-order valence-electron chi connectivity index (χ0n) is 10.7. The maximum absolute atomic E-state index is 13.5. The largest absolute Gasteiger partial charge is 0.372 e. The van der Waals surface area contributed by atoms with Crippen molar-refractivity contribution in [2.24, 2.45) is 5.73 Å². The lowest BCUT2D eigenvalue weighted by molar-refractivity contribution is -0.0521. The molecule has 2 N–H and O–H groups in total. The highest BCUT2D eigenvalue weighted by atomic mass is 35.5. The Morgan fingerprint density at radius 2 is 2.00 bits per heavy atom. The molecule has 0 spiro atoms. The first kappa shape index (κ1) is 13.3. The van der Waals surface area contributed by atoms with E-state index in [9.17, 15) is 4.39 Å². The van der Waals surface area contributed by atoms with E-state index in [1.807, 2.05) is 0 Å². The molecule has 2 fully saturated rings. The lowest BCUT2D eigenvalue weighted by atomic mass is 10.0. The average Bonchev–Trinajstić information content (AvgIpc) is 2.68. The molecular weight excluding hydrogens is 267 g/mol.